The quantitative estimate of drug-likeness (QED) is 0.260. The topological polar surface area (TPSA) is 121 Å². The second kappa shape index (κ2) is 13.4. The molecule has 1 aromatic heterocycles. The SMILES string of the molecule is CC[C@@H]1C[C@]1(CC(=O)[C@@H]1C[C@@H](Oc2cc(OC)nc3c(Cl)cccc23)CN1C(=O)[C@@H](CC(=O)OC(C)(C)C)C(C)(C)C)C(=O)OC. The second-order valence-electron chi connectivity index (χ2n) is 14.6. The smallest absolute Gasteiger partial charge is 0.312 e. The molecule has 1 saturated heterocycles. The first-order valence-corrected chi connectivity index (χ1v) is 16.2. The number of nitrogens with zero attached hydrogens (tertiary/aromatic N) is 2. The van der Waals surface area contributed by atoms with Crippen LogP contribution in [0.25, 0.3) is 10.9 Å². The number of ether oxygens (including phenoxy) is 4. The average Bonchev–Trinajstić information content (AvgIpc) is 3.52. The number of carbonyl (C=O) groups is 4. The normalized spacial score (nSPS) is 23.5. The number of hydrogen-bond acceptors (Lipinski definition) is 9. The Hall–Kier alpha value is -3.40. The number of carbonyl (C=O) groups excluding carboxylic acids is 4. The van der Waals surface area contributed by atoms with Gasteiger partial charge in [-0.1, -0.05) is 51.8 Å². The molecule has 0 radical (unpaired) electrons. The van der Waals surface area contributed by atoms with Gasteiger partial charge in [0.25, 0.3) is 0 Å². The lowest BCUT2D eigenvalue weighted by molar-refractivity contribution is -0.161. The highest BCUT2D eigenvalue weighted by atomic mass is 35.5. The Kier molecular flexibility index (Phi) is 10.3. The third-order valence-electron chi connectivity index (χ3n) is 9.09. The number of methoxy groups -OCH3 is 2. The summed E-state index contributed by atoms with van der Waals surface area (Å²) in [5.74, 6) is -1.43. The number of amides is 1. The maximum absolute atomic E-state index is 14.4. The van der Waals surface area contributed by atoms with E-state index in [1.165, 1.54) is 19.1 Å². The van der Waals surface area contributed by atoms with E-state index in [4.69, 9.17) is 30.5 Å². The molecule has 4 rings (SSSR count). The number of rotatable bonds is 11. The predicted molar refractivity (Wildman–Crippen MR) is 174 cm³/mol. The van der Waals surface area contributed by atoms with Crippen LogP contribution < -0.4 is 9.47 Å². The summed E-state index contributed by atoms with van der Waals surface area (Å²) in [6.45, 7) is 13.1. The molecule has 11 heteroatoms. The number of para-hydroxylation sites is 1. The molecule has 1 aromatic carbocycles. The van der Waals surface area contributed by atoms with E-state index >= 15 is 0 Å². The van der Waals surface area contributed by atoms with Gasteiger partial charge in [-0.15, -0.1) is 0 Å². The van der Waals surface area contributed by atoms with Gasteiger partial charge in [-0.2, -0.15) is 0 Å². The van der Waals surface area contributed by atoms with Gasteiger partial charge in [0.1, 0.15) is 17.5 Å². The van der Waals surface area contributed by atoms with Crippen molar-refractivity contribution in [1.29, 1.82) is 0 Å². The first kappa shape index (κ1) is 35.5. The second-order valence-corrected chi connectivity index (χ2v) is 15.0. The fourth-order valence-electron chi connectivity index (χ4n) is 6.57. The lowest BCUT2D eigenvalue weighted by Gasteiger charge is -2.35. The highest BCUT2D eigenvalue weighted by molar-refractivity contribution is 6.35. The largest absolute Gasteiger partial charge is 0.488 e. The van der Waals surface area contributed by atoms with E-state index in [1.807, 2.05) is 33.8 Å². The number of likely N-dealkylation sites (tertiary alicyclic amines) is 1. The van der Waals surface area contributed by atoms with Gasteiger partial charge in [0.2, 0.25) is 11.8 Å². The van der Waals surface area contributed by atoms with Gasteiger partial charge in [-0.3, -0.25) is 19.2 Å². The van der Waals surface area contributed by atoms with E-state index in [0.717, 1.165) is 6.42 Å². The molecule has 2 heterocycles. The van der Waals surface area contributed by atoms with E-state index in [1.54, 1.807) is 39.0 Å². The van der Waals surface area contributed by atoms with E-state index in [0.29, 0.717) is 34.0 Å². The van der Waals surface area contributed by atoms with Gasteiger partial charge in [0.05, 0.1) is 55.1 Å². The van der Waals surface area contributed by atoms with Crippen molar-refractivity contribution in [2.75, 3.05) is 20.8 Å². The van der Waals surface area contributed by atoms with Crippen LogP contribution in [0.4, 0.5) is 0 Å². The van der Waals surface area contributed by atoms with Crippen LogP contribution in [0.1, 0.15) is 80.6 Å². The minimum atomic E-state index is -0.889. The predicted octanol–water partition coefficient (Wildman–Crippen LogP) is 6.19. The fraction of sp³-hybridized carbons (Fsp3) is 0.629. The monoisotopic (exact) mass is 658 g/mol. The molecular formula is C35H47ClN2O8. The lowest BCUT2D eigenvalue weighted by atomic mass is 9.77. The van der Waals surface area contributed by atoms with Crippen molar-refractivity contribution in [2.24, 2.45) is 22.7 Å². The fourth-order valence-corrected chi connectivity index (χ4v) is 6.79. The Morgan fingerprint density at radius 2 is 1.80 bits per heavy atom. The minimum Gasteiger partial charge on any atom is -0.488 e. The summed E-state index contributed by atoms with van der Waals surface area (Å²) in [5.41, 5.74) is -1.72. The summed E-state index contributed by atoms with van der Waals surface area (Å²) in [4.78, 5) is 60.4. The zero-order chi connectivity index (χ0) is 34.2. The summed E-state index contributed by atoms with van der Waals surface area (Å²) < 4.78 is 22.6. The van der Waals surface area contributed by atoms with Gasteiger partial charge >= 0.3 is 11.9 Å². The van der Waals surface area contributed by atoms with Crippen LogP contribution in [0.15, 0.2) is 24.3 Å². The van der Waals surface area contributed by atoms with Crippen molar-refractivity contribution in [2.45, 2.75) is 98.3 Å². The molecular weight excluding hydrogens is 612 g/mol. The Bertz CT molecular complexity index is 1500. The Morgan fingerprint density at radius 1 is 1.11 bits per heavy atom. The first-order chi connectivity index (χ1) is 21.4. The van der Waals surface area contributed by atoms with Gasteiger partial charge in [-0.05, 0) is 50.7 Å². The highest BCUT2D eigenvalue weighted by Gasteiger charge is 2.61. The summed E-state index contributed by atoms with van der Waals surface area (Å²) in [5, 5.41) is 1.09. The highest BCUT2D eigenvalue weighted by Crippen LogP contribution is 2.58. The molecule has 1 saturated carbocycles. The molecule has 46 heavy (non-hydrogen) atoms. The van der Waals surface area contributed by atoms with Crippen LogP contribution >= 0.6 is 11.6 Å². The Balaban J connectivity index is 1.69. The van der Waals surface area contributed by atoms with Crippen LogP contribution in [-0.4, -0.2) is 72.0 Å². The van der Waals surface area contributed by atoms with E-state index in [9.17, 15) is 19.2 Å². The summed E-state index contributed by atoms with van der Waals surface area (Å²) in [7, 11) is 2.83. The number of pyridine rings is 1. The maximum Gasteiger partial charge on any atom is 0.312 e. The molecule has 0 N–H and O–H groups in total. The van der Waals surface area contributed by atoms with Crippen molar-refractivity contribution >= 4 is 46.1 Å². The first-order valence-electron chi connectivity index (χ1n) is 15.9. The number of aromatic nitrogens is 1. The van der Waals surface area contributed by atoms with Gasteiger partial charge < -0.3 is 23.8 Å². The van der Waals surface area contributed by atoms with Crippen LogP contribution in [0.5, 0.6) is 11.6 Å². The third-order valence-corrected chi connectivity index (χ3v) is 9.39. The number of ketones is 1. The van der Waals surface area contributed by atoms with Crippen molar-refractivity contribution in [3.05, 3.63) is 29.3 Å². The molecule has 5 atom stereocenters. The number of halogens is 1. The van der Waals surface area contributed by atoms with Gasteiger partial charge in [0, 0.05) is 24.3 Å². The number of esters is 2. The number of Topliss-reactive ketones (excluding diaryl/α,β-unsaturated/α-hetero) is 1. The average molecular weight is 659 g/mol. The van der Waals surface area contributed by atoms with Gasteiger partial charge in [-0.25, -0.2) is 4.98 Å². The Morgan fingerprint density at radius 3 is 2.37 bits per heavy atom. The van der Waals surface area contributed by atoms with Crippen LogP contribution in [0.2, 0.25) is 5.02 Å². The number of hydrogen-bond donors (Lipinski definition) is 0. The van der Waals surface area contributed by atoms with Crippen molar-refractivity contribution in [3.8, 4) is 11.6 Å². The van der Waals surface area contributed by atoms with Crippen molar-refractivity contribution in [3.63, 3.8) is 0 Å². The molecule has 10 nitrogen and oxygen atoms in total. The summed E-state index contributed by atoms with van der Waals surface area (Å²) in [6.07, 6.45) is 0.752. The molecule has 0 bridgehead atoms. The maximum atomic E-state index is 14.4. The zero-order valence-electron chi connectivity index (χ0n) is 28.4. The molecule has 2 aliphatic rings. The number of benzene rings is 1. The van der Waals surface area contributed by atoms with Crippen molar-refractivity contribution < 1.29 is 38.1 Å². The minimum absolute atomic E-state index is 0.0345. The summed E-state index contributed by atoms with van der Waals surface area (Å²) in [6, 6.07) is 6.14. The van der Waals surface area contributed by atoms with Crippen LogP contribution in [-0.2, 0) is 28.7 Å². The molecule has 1 aliphatic carbocycles. The molecule has 1 aliphatic heterocycles. The van der Waals surface area contributed by atoms with E-state index in [2.05, 4.69) is 4.98 Å². The van der Waals surface area contributed by atoms with Crippen LogP contribution in [0.3, 0.4) is 0 Å². The molecule has 0 spiro atoms. The molecule has 1 amide bonds. The molecule has 0 unspecified atom stereocenters. The molecule has 2 fully saturated rings. The Labute approximate surface area is 276 Å². The van der Waals surface area contributed by atoms with Gasteiger partial charge in [0.15, 0.2) is 5.78 Å². The molecule has 252 valence electrons. The van der Waals surface area contributed by atoms with E-state index in [-0.39, 0.29) is 43.4 Å². The van der Waals surface area contributed by atoms with Crippen molar-refractivity contribution in [1.82, 2.24) is 9.88 Å². The zero-order valence-corrected chi connectivity index (χ0v) is 29.2. The molecule has 2 aromatic rings. The summed E-state index contributed by atoms with van der Waals surface area (Å²) >= 11 is 6.45. The number of fused-ring (bicyclic) bond motifs is 1. The lowest BCUT2D eigenvalue weighted by Crippen LogP contribution is -2.48. The standard InChI is InChI=1S/C35H47ClN2O8/c1-10-20-17-35(20,32(42)44-9)18-26(39)25-14-21(45-27-16-28(43-8)37-30-22(27)12-11-13-24(30)36)19-38(25)31(41)23(33(2,3)4)15-29(40)46-34(5,6)7/h11-13,16,20-21,23,25H,10,14-15,17-19H2,1-9H3/t20-,21-,23-,25+,35-/m1/s1. The van der Waals surface area contributed by atoms with E-state index < -0.39 is 46.4 Å². The van der Waals surface area contributed by atoms with Crippen LogP contribution in [0, 0.1) is 22.7 Å². The third kappa shape index (κ3) is 7.59.